The molecule has 1 atom stereocenters. The quantitative estimate of drug-likeness (QED) is 0.136. The van der Waals surface area contributed by atoms with Gasteiger partial charge in [-0.15, -0.1) is 0 Å². The first kappa shape index (κ1) is 27.3. The lowest BCUT2D eigenvalue weighted by Gasteiger charge is -2.25. The third-order valence-electron chi connectivity index (χ3n) is 6.91. The maximum atomic E-state index is 13.4. The zero-order valence-electron chi connectivity index (χ0n) is 22.6. The summed E-state index contributed by atoms with van der Waals surface area (Å²) in [6, 6.07) is 23.8. The van der Waals surface area contributed by atoms with Crippen molar-refractivity contribution in [1.82, 2.24) is 9.88 Å². The number of pyridine rings is 1. The summed E-state index contributed by atoms with van der Waals surface area (Å²) in [7, 11) is 1.29. The van der Waals surface area contributed by atoms with Crippen molar-refractivity contribution in [3.8, 4) is 5.75 Å². The molecule has 0 spiro atoms. The lowest BCUT2D eigenvalue weighted by atomic mass is 9.94. The van der Waals surface area contributed by atoms with Gasteiger partial charge in [0.25, 0.3) is 11.7 Å². The van der Waals surface area contributed by atoms with Crippen molar-refractivity contribution in [2.45, 2.75) is 26.1 Å². The Bertz CT molecular complexity index is 1610. The lowest BCUT2D eigenvalue weighted by Crippen LogP contribution is -2.29. The average molecular weight is 549 g/mol. The van der Waals surface area contributed by atoms with Crippen LogP contribution in [-0.2, 0) is 27.5 Å². The molecule has 1 aliphatic rings. The van der Waals surface area contributed by atoms with Crippen molar-refractivity contribution in [1.29, 1.82) is 0 Å². The van der Waals surface area contributed by atoms with Crippen molar-refractivity contribution >= 4 is 23.4 Å². The molecule has 1 unspecified atom stereocenters. The predicted octanol–water partition coefficient (Wildman–Crippen LogP) is 5.38. The number of rotatable bonds is 8. The minimum Gasteiger partial charge on any atom is -0.507 e. The smallest absolute Gasteiger partial charge is 0.337 e. The van der Waals surface area contributed by atoms with Gasteiger partial charge in [0.05, 0.1) is 24.3 Å². The van der Waals surface area contributed by atoms with Gasteiger partial charge in [-0.25, -0.2) is 4.79 Å². The topological polar surface area (TPSA) is 106 Å². The second-order valence-corrected chi connectivity index (χ2v) is 9.70. The van der Waals surface area contributed by atoms with Gasteiger partial charge in [-0.2, -0.15) is 0 Å². The van der Waals surface area contributed by atoms with Gasteiger partial charge in [-0.3, -0.25) is 14.6 Å². The second kappa shape index (κ2) is 11.9. The second-order valence-electron chi connectivity index (χ2n) is 9.70. The highest BCUT2D eigenvalue weighted by Crippen LogP contribution is 2.40. The minimum absolute atomic E-state index is 0.0386. The number of esters is 1. The molecule has 3 aromatic carbocycles. The van der Waals surface area contributed by atoms with Gasteiger partial charge < -0.3 is 19.5 Å². The number of aromatic nitrogens is 1. The first-order valence-corrected chi connectivity index (χ1v) is 13.0. The van der Waals surface area contributed by atoms with Crippen molar-refractivity contribution in [3.63, 3.8) is 0 Å². The summed E-state index contributed by atoms with van der Waals surface area (Å²) in [4.78, 5) is 44.0. The zero-order chi connectivity index (χ0) is 28.9. The number of hydrogen-bond donors (Lipinski definition) is 1. The van der Waals surface area contributed by atoms with Crippen LogP contribution in [0.25, 0.3) is 5.76 Å². The van der Waals surface area contributed by atoms with E-state index >= 15 is 0 Å². The fourth-order valence-corrected chi connectivity index (χ4v) is 4.83. The third-order valence-corrected chi connectivity index (χ3v) is 6.91. The molecule has 206 valence electrons. The normalized spacial score (nSPS) is 16.0. The van der Waals surface area contributed by atoms with E-state index in [4.69, 9.17) is 9.47 Å². The van der Waals surface area contributed by atoms with Gasteiger partial charge in [0.2, 0.25) is 0 Å². The fourth-order valence-electron chi connectivity index (χ4n) is 4.83. The number of nitrogens with zero attached hydrogens (tertiary/aromatic N) is 2. The Kier molecular flexibility index (Phi) is 7.92. The molecule has 4 aromatic rings. The molecule has 1 N–H and O–H groups in total. The number of amides is 1. The molecule has 0 radical (unpaired) electrons. The monoisotopic (exact) mass is 548 g/mol. The van der Waals surface area contributed by atoms with E-state index in [1.165, 1.54) is 12.0 Å². The molecule has 41 heavy (non-hydrogen) atoms. The van der Waals surface area contributed by atoms with Crippen LogP contribution in [0.1, 0.15) is 44.2 Å². The number of Topliss-reactive ketones (excluding diaryl/α,β-unsaturated/α-hetero) is 1. The van der Waals surface area contributed by atoms with Crippen molar-refractivity contribution < 1.29 is 29.0 Å². The number of hydrogen-bond acceptors (Lipinski definition) is 7. The van der Waals surface area contributed by atoms with Crippen molar-refractivity contribution in [2.24, 2.45) is 0 Å². The number of carbonyl (C=O) groups excluding carboxylic acids is 3. The number of carbonyl (C=O) groups is 3. The lowest BCUT2D eigenvalue weighted by molar-refractivity contribution is -0.140. The number of ketones is 1. The van der Waals surface area contributed by atoms with Crippen LogP contribution in [0.3, 0.4) is 0 Å². The molecule has 8 heteroatoms. The first-order valence-electron chi connectivity index (χ1n) is 13.0. The van der Waals surface area contributed by atoms with E-state index in [-0.39, 0.29) is 17.9 Å². The Morgan fingerprint density at radius 1 is 0.902 bits per heavy atom. The highest BCUT2D eigenvalue weighted by molar-refractivity contribution is 6.46. The molecule has 1 amide bonds. The van der Waals surface area contributed by atoms with E-state index in [1.54, 1.807) is 73.1 Å². The van der Waals surface area contributed by atoms with Gasteiger partial charge in [0.15, 0.2) is 0 Å². The maximum Gasteiger partial charge on any atom is 0.337 e. The number of likely N-dealkylation sites (tertiary alicyclic amines) is 1. The molecular weight excluding hydrogens is 520 g/mol. The largest absolute Gasteiger partial charge is 0.507 e. The highest BCUT2D eigenvalue weighted by Gasteiger charge is 2.46. The Labute approximate surface area is 237 Å². The van der Waals surface area contributed by atoms with E-state index in [9.17, 15) is 19.5 Å². The van der Waals surface area contributed by atoms with Crippen LogP contribution in [0, 0.1) is 6.92 Å². The minimum atomic E-state index is -0.882. The molecule has 5 rings (SSSR count). The van der Waals surface area contributed by atoms with E-state index in [0.717, 1.165) is 16.7 Å². The Morgan fingerprint density at radius 3 is 2.24 bits per heavy atom. The summed E-state index contributed by atoms with van der Waals surface area (Å²) in [6.45, 7) is 2.52. The number of aliphatic hydroxyl groups excluding tert-OH is 1. The predicted molar refractivity (Wildman–Crippen MR) is 152 cm³/mol. The van der Waals surface area contributed by atoms with E-state index in [2.05, 4.69) is 4.98 Å². The van der Waals surface area contributed by atoms with Crippen molar-refractivity contribution in [3.05, 3.63) is 136 Å². The molecule has 1 saturated heterocycles. The number of benzene rings is 3. The number of aliphatic hydroxyl groups is 1. The summed E-state index contributed by atoms with van der Waals surface area (Å²) in [5, 5.41) is 11.4. The number of aryl methyl sites for hydroxylation is 1. The molecular formula is C33H28N2O6. The fraction of sp³-hybridized carbons (Fsp3) is 0.152. The van der Waals surface area contributed by atoms with Crippen LogP contribution in [0.5, 0.6) is 5.75 Å². The van der Waals surface area contributed by atoms with Crippen LogP contribution in [-0.4, -0.2) is 39.8 Å². The SMILES string of the molecule is COC(=O)c1ccc(C2/C(=C(/O)c3ccc(OCc4cccc(C)c4)cc3)C(=O)C(=O)N2Cc2ccncc2)cc1. The Morgan fingerprint density at radius 2 is 1.59 bits per heavy atom. The standard InChI is InChI=1S/C33H28N2O6/c1-21-4-3-5-23(18-21)20-41-27-12-10-25(11-13-27)30(36)28-29(24-6-8-26(9-7-24)33(39)40-2)35(32(38)31(28)37)19-22-14-16-34-17-15-22/h3-18,29,36H,19-20H2,1-2H3/b30-28-. The maximum absolute atomic E-state index is 13.4. The molecule has 0 aliphatic carbocycles. The van der Waals surface area contributed by atoms with E-state index in [0.29, 0.717) is 29.0 Å². The summed E-state index contributed by atoms with van der Waals surface area (Å²) >= 11 is 0. The van der Waals surface area contributed by atoms with Gasteiger partial charge >= 0.3 is 5.97 Å². The molecule has 1 aliphatic heterocycles. The van der Waals surface area contributed by atoms with Crippen LogP contribution in [0.2, 0.25) is 0 Å². The third kappa shape index (κ3) is 5.86. The van der Waals surface area contributed by atoms with Crippen LogP contribution < -0.4 is 4.74 Å². The molecule has 8 nitrogen and oxygen atoms in total. The van der Waals surface area contributed by atoms with Gasteiger partial charge in [0, 0.05) is 24.5 Å². The average Bonchev–Trinajstić information content (AvgIpc) is 3.25. The summed E-state index contributed by atoms with van der Waals surface area (Å²) < 4.78 is 10.7. The summed E-state index contributed by atoms with van der Waals surface area (Å²) in [6.07, 6.45) is 3.21. The Balaban J connectivity index is 1.48. The number of methoxy groups -OCH3 is 1. The molecule has 1 fully saturated rings. The van der Waals surface area contributed by atoms with Gasteiger partial charge in [0.1, 0.15) is 18.1 Å². The van der Waals surface area contributed by atoms with Gasteiger partial charge in [-0.1, -0.05) is 42.0 Å². The zero-order valence-corrected chi connectivity index (χ0v) is 22.6. The summed E-state index contributed by atoms with van der Waals surface area (Å²) in [5.41, 5.74) is 4.15. The number of ether oxygens (including phenoxy) is 2. The molecule has 0 saturated carbocycles. The van der Waals surface area contributed by atoms with Gasteiger partial charge in [-0.05, 0) is 72.1 Å². The Hall–Kier alpha value is -5.24. The molecule has 0 bridgehead atoms. The van der Waals surface area contributed by atoms with E-state index < -0.39 is 23.7 Å². The van der Waals surface area contributed by atoms with Crippen LogP contribution >= 0.6 is 0 Å². The molecule has 1 aromatic heterocycles. The van der Waals surface area contributed by atoms with E-state index in [1.807, 2.05) is 31.2 Å². The van der Waals surface area contributed by atoms with Crippen LogP contribution in [0.4, 0.5) is 0 Å². The van der Waals surface area contributed by atoms with Crippen molar-refractivity contribution in [2.75, 3.05) is 7.11 Å². The van der Waals surface area contributed by atoms with Crippen LogP contribution in [0.15, 0.2) is 103 Å². The first-order chi connectivity index (χ1) is 19.9. The molecule has 2 heterocycles. The summed E-state index contributed by atoms with van der Waals surface area (Å²) in [5.74, 6) is -1.74. The highest BCUT2D eigenvalue weighted by atomic mass is 16.5.